The van der Waals surface area contributed by atoms with E-state index in [1.54, 1.807) is 0 Å². The van der Waals surface area contributed by atoms with Gasteiger partial charge in [0.05, 0.1) is 0 Å². The maximum absolute atomic E-state index is 11.2. The van der Waals surface area contributed by atoms with Gasteiger partial charge in [0.25, 0.3) is 0 Å². The van der Waals surface area contributed by atoms with Gasteiger partial charge in [-0.1, -0.05) is 13.8 Å². The molecule has 0 aromatic carbocycles. The van der Waals surface area contributed by atoms with Gasteiger partial charge in [-0.3, -0.25) is 0 Å². The van der Waals surface area contributed by atoms with E-state index in [9.17, 15) is 15.0 Å². The first kappa shape index (κ1) is 9.85. The Kier molecular flexibility index (Phi) is 1.49. The molecule has 1 heterocycles. The highest BCUT2D eigenvalue weighted by Gasteiger charge is 2.95. The minimum Gasteiger partial charge on any atom is -0.451 e. The van der Waals surface area contributed by atoms with E-state index < -0.39 is 35.0 Å². The normalized spacial score (nSPS) is 49.1. The van der Waals surface area contributed by atoms with Crippen molar-refractivity contribution >= 4 is 5.97 Å². The maximum Gasteiger partial charge on any atom is 0.342 e. The predicted molar refractivity (Wildman–Crippen MR) is 41.8 cm³/mol. The van der Waals surface area contributed by atoms with Gasteiger partial charge in [-0.25, -0.2) is 4.79 Å². The van der Waals surface area contributed by atoms with E-state index in [-0.39, 0.29) is 0 Å². The number of ether oxygens (including phenoxy) is 1. The minimum atomic E-state index is -2.02. The van der Waals surface area contributed by atoms with Crippen molar-refractivity contribution in [1.29, 1.82) is 0 Å². The van der Waals surface area contributed by atoms with E-state index in [4.69, 9.17) is 10.2 Å². The average molecular weight is 204 g/mol. The molecule has 1 saturated heterocycles. The highest BCUT2D eigenvalue weighted by molar-refractivity contribution is 5.92. The van der Waals surface area contributed by atoms with Crippen molar-refractivity contribution in [2.75, 3.05) is 0 Å². The fourth-order valence-corrected chi connectivity index (χ4v) is 2.40. The molecule has 1 aliphatic carbocycles. The summed E-state index contributed by atoms with van der Waals surface area (Å²) in [6, 6.07) is 0. The van der Waals surface area contributed by atoms with E-state index in [0.717, 1.165) is 0 Å². The van der Waals surface area contributed by atoms with Crippen LogP contribution in [0.2, 0.25) is 0 Å². The summed E-state index contributed by atoms with van der Waals surface area (Å²) in [7, 11) is 0. The summed E-state index contributed by atoms with van der Waals surface area (Å²) in [6.45, 7) is 2.92. The van der Waals surface area contributed by atoms with Crippen LogP contribution in [0.1, 0.15) is 13.8 Å². The van der Waals surface area contributed by atoms with Crippen LogP contribution in [0.3, 0.4) is 0 Å². The van der Waals surface area contributed by atoms with Gasteiger partial charge in [0, 0.05) is 5.41 Å². The Labute approximate surface area is 79.7 Å². The lowest BCUT2D eigenvalue weighted by Crippen LogP contribution is -2.42. The van der Waals surface area contributed by atoms with Crippen molar-refractivity contribution in [3.63, 3.8) is 0 Å². The van der Waals surface area contributed by atoms with E-state index in [1.807, 2.05) is 0 Å². The standard InChI is InChI=1S/C8H12O6/c1-6(2)7(12)3(4(9)10)14-5(11)8(6,7)13/h3-4,9-10,12-13H,1-2H3/t3-,7+,8-/m1/s1. The number of aliphatic hydroxyl groups is 4. The Balaban J connectivity index is 2.45. The second-order valence-corrected chi connectivity index (χ2v) is 4.34. The van der Waals surface area contributed by atoms with Gasteiger partial charge in [0.2, 0.25) is 5.60 Å². The van der Waals surface area contributed by atoms with Crippen LogP contribution in [0.4, 0.5) is 0 Å². The molecule has 2 aliphatic rings. The van der Waals surface area contributed by atoms with Crippen molar-refractivity contribution in [2.24, 2.45) is 5.41 Å². The third kappa shape index (κ3) is 0.612. The Morgan fingerprint density at radius 1 is 1.36 bits per heavy atom. The summed E-state index contributed by atoms with van der Waals surface area (Å²) in [5.74, 6) is -1.01. The van der Waals surface area contributed by atoms with E-state index in [0.29, 0.717) is 0 Å². The molecule has 1 aliphatic heterocycles. The average Bonchev–Trinajstić information content (AvgIpc) is 2.34. The Morgan fingerprint density at radius 3 is 2.07 bits per heavy atom. The number of hydrogen-bond acceptors (Lipinski definition) is 6. The zero-order chi connectivity index (χ0) is 10.9. The van der Waals surface area contributed by atoms with Gasteiger partial charge in [0.1, 0.15) is 0 Å². The topological polar surface area (TPSA) is 107 Å². The van der Waals surface area contributed by atoms with Crippen LogP contribution < -0.4 is 0 Å². The summed E-state index contributed by atoms with van der Waals surface area (Å²) >= 11 is 0. The molecule has 0 radical (unpaired) electrons. The molecule has 2 fully saturated rings. The second-order valence-electron chi connectivity index (χ2n) is 4.34. The number of carbonyl (C=O) groups excluding carboxylic acids is 1. The van der Waals surface area contributed by atoms with Crippen LogP contribution in [0.5, 0.6) is 0 Å². The minimum absolute atomic E-state index is 1.01. The monoisotopic (exact) mass is 204 g/mol. The summed E-state index contributed by atoms with van der Waals surface area (Å²) in [4.78, 5) is 11.2. The molecule has 14 heavy (non-hydrogen) atoms. The maximum atomic E-state index is 11.2. The lowest BCUT2D eigenvalue weighted by molar-refractivity contribution is -0.189. The van der Waals surface area contributed by atoms with E-state index in [2.05, 4.69) is 4.74 Å². The fraction of sp³-hybridized carbons (Fsp3) is 0.875. The molecule has 0 bridgehead atoms. The Morgan fingerprint density at radius 2 is 1.86 bits per heavy atom. The lowest BCUT2D eigenvalue weighted by Gasteiger charge is -2.23. The van der Waals surface area contributed by atoms with Crippen LogP contribution in [0.25, 0.3) is 0 Å². The summed E-state index contributed by atoms with van der Waals surface area (Å²) in [5.41, 5.74) is -5.05. The molecule has 6 heteroatoms. The SMILES string of the molecule is CC1(C)[C@]2(O)C(=O)O[C@H](C(O)O)[C@]12O. The van der Waals surface area contributed by atoms with Crippen LogP contribution in [-0.2, 0) is 9.53 Å². The summed E-state index contributed by atoms with van der Waals surface area (Å²) in [6.07, 6.45) is -3.49. The van der Waals surface area contributed by atoms with Crippen molar-refractivity contribution < 1.29 is 30.0 Å². The fourth-order valence-electron chi connectivity index (χ4n) is 2.40. The third-order valence-electron chi connectivity index (χ3n) is 3.56. The number of rotatable bonds is 1. The van der Waals surface area contributed by atoms with Gasteiger partial charge in [-0.2, -0.15) is 0 Å². The molecule has 0 aromatic heterocycles. The molecule has 0 amide bonds. The smallest absolute Gasteiger partial charge is 0.342 e. The van der Waals surface area contributed by atoms with Crippen LogP contribution >= 0.6 is 0 Å². The molecule has 0 unspecified atom stereocenters. The van der Waals surface area contributed by atoms with Crippen molar-refractivity contribution in [3.05, 3.63) is 0 Å². The lowest BCUT2D eigenvalue weighted by atomic mass is 10.0. The van der Waals surface area contributed by atoms with Crippen LogP contribution in [0, 0.1) is 5.41 Å². The first-order valence-corrected chi connectivity index (χ1v) is 4.23. The zero-order valence-corrected chi connectivity index (χ0v) is 7.76. The van der Waals surface area contributed by atoms with Gasteiger partial charge in [0.15, 0.2) is 18.0 Å². The first-order valence-electron chi connectivity index (χ1n) is 4.23. The molecular formula is C8H12O6. The van der Waals surface area contributed by atoms with E-state index in [1.165, 1.54) is 13.8 Å². The van der Waals surface area contributed by atoms with Crippen molar-refractivity contribution in [3.8, 4) is 0 Å². The molecular weight excluding hydrogens is 192 g/mol. The van der Waals surface area contributed by atoms with Crippen LogP contribution in [-0.4, -0.2) is 50.0 Å². The number of aliphatic hydroxyl groups excluding tert-OH is 1. The first-order chi connectivity index (χ1) is 6.21. The zero-order valence-electron chi connectivity index (χ0n) is 7.76. The van der Waals surface area contributed by atoms with E-state index >= 15 is 0 Å². The van der Waals surface area contributed by atoms with Gasteiger partial charge >= 0.3 is 5.97 Å². The number of esters is 1. The molecule has 2 rings (SSSR count). The second kappa shape index (κ2) is 2.11. The predicted octanol–water partition coefficient (Wildman–Crippen LogP) is -2.28. The molecule has 80 valence electrons. The molecule has 6 nitrogen and oxygen atoms in total. The Bertz CT molecular complexity index is 311. The van der Waals surface area contributed by atoms with Crippen LogP contribution in [0.15, 0.2) is 0 Å². The summed E-state index contributed by atoms with van der Waals surface area (Å²) in [5, 5.41) is 37.5. The molecule has 0 spiro atoms. The molecule has 4 N–H and O–H groups in total. The van der Waals surface area contributed by atoms with Gasteiger partial charge < -0.3 is 25.2 Å². The van der Waals surface area contributed by atoms with Gasteiger partial charge in [-0.05, 0) is 0 Å². The molecule has 0 aromatic rings. The highest BCUT2D eigenvalue weighted by Crippen LogP contribution is 2.71. The van der Waals surface area contributed by atoms with Crippen molar-refractivity contribution in [1.82, 2.24) is 0 Å². The third-order valence-corrected chi connectivity index (χ3v) is 3.56. The van der Waals surface area contributed by atoms with Crippen molar-refractivity contribution in [2.45, 2.75) is 37.4 Å². The number of cyclic esters (lactones) is 1. The highest BCUT2D eigenvalue weighted by atomic mass is 16.6. The molecule has 3 atom stereocenters. The molecule has 1 saturated carbocycles. The number of fused-ring (bicyclic) bond motifs is 1. The summed E-state index contributed by atoms with van der Waals surface area (Å²) < 4.78 is 4.49. The number of carbonyl (C=O) groups is 1. The van der Waals surface area contributed by atoms with Gasteiger partial charge in [-0.15, -0.1) is 0 Å². The largest absolute Gasteiger partial charge is 0.451 e. The quantitative estimate of drug-likeness (QED) is 0.283. The number of hydrogen-bond donors (Lipinski definition) is 4. The Hall–Kier alpha value is -0.690.